The Morgan fingerprint density at radius 2 is 1.80 bits per heavy atom. The average molecular weight is 265 g/mol. The Morgan fingerprint density at radius 3 is 2.45 bits per heavy atom. The first-order valence-corrected chi connectivity index (χ1v) is 6.83. The molecule has 0 saturated carbocycles. The van der Waals surface area contributed by atoms with Crippen LogP contribution in [-0.2, 0) is 13.6 Å². The van der Waals surface area contributed by atoms with E-state index in [0.717, 1.165) is 28.0 Å². The standard InChI is InChI=1S/C17H19N3/c1-11-7-12(2)9-14(8-11)17-19-16-13(10-18)5-4-6-15(16)20(17)3/h4-9H,10,18H2,1-3H3. The number of hydrogen-bond acceptors (Lipinski definition) is 2. The topological polar surface area (TPSA) is 43.8 Å². The van der Waals surface area contributed by atoms with Gasteiger partial charge in [0.25, 0.3) is 0 Å². The lowest BCUT2D eigenvalue weighted by Crippen LogP contribution is -1.97. The summed E-state index contributed by atoms with van der Waals surface area (Å²) in [4.78, 5) is 4.82. The van der Waals surface area contributed by atoms with E-state index >= 15 is 0 Å². The van der Waals surface area contributed by atoms with Crippen LogP contribution in [0.3, 0.4) is 0 Å². The maximum Gasteiger partial charge on any atom is 0.140 e. The molecule has 0 spiro atoms. The molecular formula is C17H19N3. The lowest BCUT2D eigenvalue weighted by atomic mass is 10.1. The van der Waals surface area contributed by atoms with Crippen LogP contribution in [-0.4, -0.2) is 9.55 Å². The molecule has 2 N–H and O–H groups in total. The van der Waals surface area contributed by atoms with Crippen molar-refractivity contribution >= 4 is 11.0 Å². The second-order valence-corrected chi connectivity index (χ2v) is 5.36. The normalized spacial score (nSPS) is 11.2. The van der Waals surface area contributed by atoms with Crippen LogP contribution in [0.1, 0.15) is 16.7 Å². The highest BCUT2D eigenvalue weighted by molar-refractivity contribution is 5.83. The van der Waals surface area contributed by atoms with Gasteiger partial charge in [0.2, 0.25) is 0 Å². The van der Waals surface area contributed by atoms with Crippen molar-refractivity contribution in [1.82, 2.24) is 9.55 Å². The Bertz CT molecular complexity index is 764. The molecule has 0 bridgehead atoms. The van der Waals surface area contributed by atoms with Crippen LogP contribution in [0.15, 0.2) is 36.4 Å². The van der Waals surface area contributed by atoms with Crippen molar-refractivity contribution in [2.24, 2.45) is 12.8 Å². The molecule has 2 aromatic carbocycles. The second-order valence-electron chi connectivity index (χ2n) is 5.36. The van der Waals surface area contributed by atoms with Crippen LogP contribution >= 0.6 is 0 Å². The van der Waals surface area contributed by atoms with Crippen LogP contribution in [0.25, 0.3) is 22.4 Å². The van der Waals surface area contributed by atoms with Gasteiger partial charge >= 0.3 is 0 Å². The summed E-state index contributed by atoms with van der Waals surface area (Å²) in [5.41, 5.74) is 12.7. The largest absolute Gasteiger partial charge is 0.327 e. The first-order valence-electron chi connectivity index (χ1n) is 6.83. The molecule has 0 aliphatic rings. The summed E-state index contributed by atoms with van der Waals surface area (Å²) in [7, 11) is 2.06. The van der Waals surface area contributed by atoms with Crippen molar-refractivity contribution in [1.29, 1.82) is 0 Å². The number of nitrogens with zero attached hydrogens (tertiary/aromatic N) is 2. The summed E-state index contributed by atoms with van der Waals surface area (Å²) in [5, 5.41) is 0. The van der Waals surface area contributed by atoms with E-state index in [1.807, 2.05) is 12.1 Å². The van der Waals surface area contributed by atoms with Crippen molar-refractivity contribution in [2.45, 2.75) is 20.4 Å². The number of nitrogens with two attached hydrogens (primary N) is 1. The van der Waals surface area contributed by atoms with Gasteiger partial charge in [0.05, 0.1) is 11.0 Å². The Labute approximate surface area is 119 Å². The van der Waals surface area contributed by atoms with Crippen molar-refractivity contribution in [2.75, 3.05) is 0 Å². The van der Waals surface area contributed by atoms with Crippen LogP contribution in [0, 0.1) is 13.8 Å². The number of aromatic nitrogens is 2. The van der Waals surface area contributed by atoms with Crippen molar-refractivity contribution in [3.05, 3.63) is 53.1 Å². The molecule has 20 heavy (non-hydrogen) atoms. The van der Waals surface area contributed by atoms with Crippen LogP contribution in [0.5, 0.6) is 0 Å². The van der Waals surface area contributed by atoms with Crippen molar-refractivity contribution in [3.8, 4) is 11.4 Å². The Morgan fingerprint density at radius 1 is 1.10 bits per heavy atom. The number of aryl methyl sites for hydroxylation is 3. The van der Waals surface area contributed by atoms with Gasteiger partial charge in [-0.1, -0.05) is 29.3 Å². The van der Waals surface area contributed by atoms with Gasteiger partial charge < -0.3 is 10.3 Å². The summed E-state index contributed by atoms with van der Waals surface area (Å²) in [6.45, 7) is 4.75. The minimum absolute atomic E-state index is 0.515. The third kappa shape index (κ3) is 2.00. The van der Waals surface area contributed by atoms with Crippen LogP contribution in [0.4, 0.5) is 0 Å². The zero-order valence-electron chi connectivity index (χ0n) is 12.1. The smallest absolute Gasteiger partial charge is 0.140 e. The highest BCUT2D eigenvalue weighted by Gasteiger charge is 2.12. The fraction of sp³-hybridized carbons (Fsp3) is 0.235. The van der Waals surface area contributed by atoms with E-state index in [2.05, 4.69) is 49.7 Å². The van der Waals surface area contributed by atoms with E-state index in [0.29, 0.717) is 6.54 Å². The molecule has 0 aliphatic carbocycles. The first-order chi connectivity index (χ1) is 9.60. The van der Waals surface area contributed by atoms with E-state index < -0.39 is 0 Å². The van der Waals surface area contributed by atoms with Gasteiger partial charge in [-0.2, -0.15) is 0 Å². The predicted octanol–water partition coefficient (Wildman–Crippen LogP) is 3.32. The molecule has 0 aliphatic heterocycles. The summed E-state index contributed by atoms with van der Waals surface area (Å²) in [6, 6.07) is 12.7. The first kappa shape index (κ1) is 12.9. The Balaban J connectivity index is 2.29. The van der Waals surface area contributed by atoms with Gasteiger partial charge in [-0.15, -0.1) is 0 Å². The van der Waals surface area contributed by atoms with Crippen LogP contribution < -0.4 is 5.73 Å². The zero-order chi connectivity index (χ0) is 14.3. The average Bonchev–Trinajstić information content (AvgIpc) is 2.75. The molecule has 1 heterocycles. The van der Waals surface area contributed by atoms with E-state index in [9.17, 15) is 0 Å². The molecule has 3 nitrogen and oxygen atoms in total. The second kappa shape index (κ2) is 4.76. The maximum absolute atomic E-state index is 5.81. The molecule has 0 fully saturated rings. The zero-order valence-corrected chi connectivity index (χ0v) is 12.1. The lowest BCUT2D eigenvalue weighted by molar-refractivity contribution is 0.958. The fourth-order valence-electron chi connectivity index (χ4n) is 2.80. The third-order valence-electron chi connectivity index (χ3n) is 3.69. The molecule has 0 unspecified atom stereocenters. The number of imidazole rings is 1. The molecule has 0 atom stereocenters. The van der Waals surface area contributed by atoms with E-state index in [4.69, 9.17) is 10.7 Å². The molecule has 102 valence electrons. The van der Waals surface area contributed by atoms with E-state index in [-0.39, 0.29) is 0 Å². The van der Waals surface area contributed by atoms with Gasteiger partial charge in [0, 0.05) is 19.2 Å². The number of para-hydroxylation sites is 1. The van der Waals surface area contributed by atoms with Gasteiger partial charge in [-0.05, 0) is 37.6 Å². The number of fused-ring (bicyclic) bond motifs is 1. The minimum atomic E-state index is 0.515. The molecule has 3 aromatic rings. The summed E-state index contributed by atoms with van der Waals surface area (Å²) in [5.74, 6) is 0.993. The maximum atomic E-state index is 5.81. The van der Waals surface area contributed by atoms with Gasteiger partial charge in [0.15, 0.2) is 0 Å². The Hall–Kier alpha value is -2.13. The summed E-state index contributed by atoms with van der Waals surface area (Å²) in [6.07, 6.45) is 0. The minimum Gasteiger partial charge on any atom is -0.327 e. The monoisotopic (exact) mass is 265 g/mol. The molecule has 0 radical (unpaired) electrons. The van der Waals surface area contributed by atoms with Crippen LogP contribution in [0.2, 0.25) is 0 Å². The Kier molecular flexibility index (Phi) is 3.07. The number of rotatable bonds is 2. The fourth-order valence-corrected chi connectivity index (χ4v) is 2.80. The number of benzene rings is 2. The highest BCUT2D eigenvalue weighted by Crippen LogP contribution is 2.27. The molecular weight excluding hydrogens is 246 g/mol. The van der Waals surface area contributed by atoms with Gasteiger partial charge in [-0.3, -0.25) is 0 Å². The van der Waals surface area contributed by atoms with Crippen molar-refractivity contribution in [3.63, 3.8) is 0 Å². The van der Waals surface area contributed by atoms with Gasteiger partial charge in [0.1, 0.15) is 5.82 Å². The van der Waals surface area contributed by atoms with Gasteiger partial charge in [-0.25, -0.2) is 4.98 Å². The predicted molar refractivity (Wildman–Crippen MR) is 83.5 cm³/mol. The molecule has 1 aromatic heterocycles. The molecule has 0 saturated heterocycles. The summed E-state index contributed by atoms with van der Waals surface area (Å²) < 4.78 is 2.14. The number of hydrogen-bond donors (Lipinski definition) is 1. The molecule has 0 amide bonds. The van der Waals surface area contributed by atoms with E-state index in [1.54, 1.807) is 0 Å². The van der Waals surface area contributed by atoms with Crippen molar-refractivity contribution < 1.29 is 0 Å². The lowest BCUT2D eigenvalue weighted by Gasteiger charge is -2.05. The third-order valence-corrected chi connectivity index (χ3v) is 3.69. The summed E-state index contributed by atoms with van der Waals surface area (Å²) >= 11 is 0. The molecule has 3 rings (SSSR count). The van der Waals surface area contributed by atoms with E-state index in [1.165, 1.54) is 11.1 Å². The quantitative estimate of drug-likeness (QED) is 0.772. The SMILES string of the molecule is Cc1cc(C)cc(-c2nc3c(CN)cccc3n2C)c1. The highest BCUT2D eigenvalue weighted by atomic mass is 15.1. The molecule has 3 heteroatoms.